The van der Waals surface area contributed by atoms with Gasteiger partial charge in [0, 0.05) is 38.6 Å². The number of nitrogens with zero attached hydrogens (tertiary/aromatic N) is 3. The van der Waals surface area contributed by atoms with Crippen molar-refractivity contribution in [3.8, 4) is 0 Å². The van der Waals surface area contributed by atoms with Gasteiger partial charge in [-0.3, -0.25) is 4.79 Å². The molecule has 5 heteroatoms. The van der Waals surface area contributed by atoms with Crippen LogP contribution < -0.4 is 5.32 Å². The number of fused-ring (bicyclic) bond motifs is 1. The van der Waals surface area contributed by atoms with Gasteiger partial charge in [-0.25, -0.2) is 4.52 Å². The highest BCUT2D eigenvalue weighted by molar-refractivity contribution is 5.94. The van der Waals surface area contributed by atoms with Gasteiger partial charge in [0.15, 0.2) is 0 Å². The van der Waals surface area contributed by atoms with Crippen molar-refractivity contribution in [2.75, 3.05) is 26.2 Å². The molecule has 0 radical (unpaired) electrons. The van der Waals surface area contributed by atoms with Crippen molar-refractivity contribution >= 4 is 11.4 Å². The zero-order chi connectivity index (χ0) is 11.7. The molecule has 17 heavy (non-hydrogen) atoms. The molecule has 1 aliphatic heterocycles. The number of nitrogens with one attached hydrogen (secondary N) is 1. The smallest absolute Gasteiger partial charge is 0.255 e. The number of aromatic nitrogens is 2. The lowest BCUT2D eigenvalue weighted by Crippen LogP contribution is -2.46. The number of amides is 1. The third-order valence-corrected chi connectivity index (χ3v) is 3.05. The minimum atomic E-state index is 0.0869. The van der Waals surface area contributed by atoms with Crippen LogP contribution in [0.25, 0.3) is 5.52 Å². The summed E-state index contributed by atoms with van der Waals surface area (Å²) in [6.07, 6.45) is 3.52. The van der Waals surface area contributed by atoms with Gasteiger partial charge in [0.1, 0.15) is 0 Å². The average Bonchev–Trinajstić information content (AvgIpc) is 2.86. The Balaban J connectivity index is 1.88. The van der Waals surface area contributed by atoms with E-state index in [4.69, 9.17) is 0 Å². The van der Waals surface area contributed by atoms with Crippen LogP contribution in [0.3, 0.4) is 0 Å². The first-order chi connectivity index (χ1) is 8.34. The summed E-state index contributed by atoms with van der Waals surface area (Å²) >= 11 is 0. The second kappa shape index (κ2) is 4.18. The number of hydrogen-bond acceptors (Lipinski definition) is 3. The van der Waals surface area contributed by atoms with Crippen LogP contribution in [0.15, 0.2) is 30.6 Å². The first-order valence-corrected chi connectivity index (χ1v) is 5.78. The van der Waals surface area contributed by atoms with Gasteiger partial charge in [0.25, 0.3) is 5.91 Å². The van der Waals surface area contributed by atoms with Crippen molar-refractivity contribution < 1.29 is 4.79 Å². The van der Waals surface area contributed by atoms with E-state index in [0.717, 1.165) is 31.7 Å². The molecule has 1 saturated heterocycles. The van der Waals surface area contributed by atoms with Gasteiger partial charge < -0.3 is 10.2 Å². The van der Waals surface area contributed by atoms with Crippen LogP contribution in [0.4, 0.5) is 0 Å². The molecule has 5 nitrogen and oxygen atoms in total. The van der Waals surface area contributed by atoms with Gasteiger partial charge >= 0.3 is 0 Å². The van der Waals surface area contributed by atoms with Crippen molar-refractivity contribution in [2.24, 2.45) is 0 Å². The Hall–Kier alpha value is -1.88. The monoisotopic (exact) mass is 230 g/mol. The quantitative estimate of drug-likeness (QED) is 0.770. The van der Waals surface area contributed by atoms with Crippen LogP contribution >= 0.6 is 0 Å². The molecule has 2 aromatic heterocycles. The Kier molecular flexibility index (Phi) is 2.53. The van der Waals surface area contributed by atoms with Crippen molar-refractivity contribution in [3.63, 3.8) is 0 Å². The standard InChI is InChI=1S/C12H14N4O/c17-12(15-7-5-13-6-8-15)10-1-2-11-3-4-14-16(11)9-10/h1-4,9,13H,5-8H2. The highest BCUT2D eigenvalue weighted by Gasteiger charge is 2.18. The van der Waals surface area contributed by atoms with E-state index in [-0.39, 0.29) is 5.91 Å². The molecule has 0 bridgehead atoms. The van der Waals surface area contributed by atoms with Gasteiger partial charge in [0.2, 0.25) is 0 Å². The van der Waals surface area contributed by atoms with E-state index in [1.165, 1.54) is 0 Å². The summed E-state index contributed by atoms with van der Waals surface area (Å²) in [7, 11) is 0. The summed E-state index contributed by atoms with van der Waals surface area (Å²) in [5.74, 6) is 0.0869. The third kappa shape index (κ3) is 1.89. The number of rotatable bonds is 1. The summed E-state index contributed by atoms with van der Waals surface area (Å²) in [6, 6.07) is 5.70. The summed E-state index contributed by atoms with van der Waals surface area (Å²) in [4.78, 5) is 14.1. The average molecular weight is 230 g/mol. The van der Waals surface area contributed by atoms with Crippen molar-refractivity contribution in [3.05, 3.63) is 36.2 Å². The first kappa shape index (κ1) is 10.3. The molecule has 2 aromatic rings. The predicted octanol–water partition coefficient (Wildman–Crippen LogP) is 0.380. The summed E-state index contributed by atoms with van der Waals surface area (Å²) in [6.45, 7) is 3.29. The number of hydrogen-bond donors (Lipinski definition) is 1. The lowest BCUT2D eigenvalue weighted by Gasteiger charge is -2.27. The molecule has 1 aliphatic rings. The molecule has 0 atom stereocenters. The minimum Gasteiger partial charge on any atom is -0.336 e. The van der Waals surface area contributed by atoms with Crippen molar-refractivity contribution in [1.29, 1.82) is 0 Å². The van der Waals surface area contributed by atoms with Crippen LogP contribution in [0.2, 0.25) is 0 Å². The molecule has 1 N–H and O–H groups in total. The molecular weight excluding hydrogens is 216 g/mol. The SMILES string of the molecule is O=C(c1ccc2ccnn2c1)N1CCNCC1. The highest BCUT2D eigenvalue weighted by atomic mass is 16.2. The van der Waals surface area contributed by atoms with Crippen LogP contribution in [-0.4, -0.2) is 46.6 Å². The van der Waals surface area contributed by atoms with Crippen LogP contribution in [0, 0.1) is 0 Å². The van der Waals surface area contributed by atoms with Crippen molar-refractivity contribution in [2.45, 2.75) is 0 Å². The molecule has 0 unspecified atom stereocenters. The first-order valence-electron chi connectivity index (χ1n) is 5.78. The van der Waals surface area contributed by atoms with Gasteiger partial charge in [-0.2, -0.15) is 5.10 Å². The van der Waals surface area contributed by atoms with Crippen LogP contribution in [-0.2, 0) is 0 Å². The van der Waals surface area contributed by atoms with Crippen LogP contribution in [0.1, 0.15) is 10.4 Å². The molecule has 0 saturated carbocycles. The molecule has 0 aromatic carbocycles. The molecule has 1 amide bonds. The second-order valence-electron chi connectivity index (χ2n) is 4.16. The Morgan fingerprint density at radius 1 is 1.24 bits per heavy atom. The lowest BCUT2D eigenvalue weighted by atomic mass is 10.2. The summed E-state index contributed by atoms with van der Waals surface area (Å²) < 4.78 is 1.73. The maximum absolute atomic E-state index is 12.2. The Bertz CT molecular complexity index is 542. The molecule has 88 valence electrons. The Labute approximate surface area is 99.0 Å². The lowest BCUT2D eigenvalue weighted by molar-refractivity contribution is 0.0735. The number of piperazine rings is 1. The van der Waals surface area contributed by atoms with E-state index >= 15 is 0 Å². The molecule has 0 spiro atoms. The van der Waals surface area contributed by atoms with Crippen LogP contribution in [0.5, 0.6) is 0 Å². The third-order valence-electron chi connectivity index (χ3n) is 3.05. The van der Waals surface area contributed by atoms with Gasteiger partial charge in [-0.1, -0.05) is 0 Å². The molecule has 3 rings (SSSR count). The highest BCUT2D eigenvalue weighted by Crippen LogP contribution is 2.09. The molecule has 0 aliphatic carbocycles. The fraction of sp³-hybridized carbons (Fsp3) is 0.333. The fourth-order valence-electron chi connectivity index (χ4n) is 2.09. The number of carbonyl (C=O) groups excluding carboxylic acids is 1. The predicted molar refractivity (Wildman–Crippen MR) is 64.0 cm³/mol. The normalized spacial score (nSPS) is 16.4. The fourth-order valence-corrected chi connectivity index (χ4v) is 2.09. The van der Waals surface area contributed by atoms with E-state index in [1.54, 1.807) is 16.9 Å². The molecular formula is C12H14N4O. The van der Waals surface area contributed by atoms with E-state index in [2.05, 4.69) is 10.4 Å². The van der Waals surface area contributed by atoms with E-state index in [1.807, 2.05) is 23.1 Å². The maximum atomic E-state index is 12.2. The van der Waals surface area contributed by atoms with Gasteiger partial charge in [0.05, 0.1) is 11.1 Å². The number of carbonyl (C=O) groups is 1. The zero-order valence-electron chi connectivity index (χ0n) is 9.47. The largest absolute Gasteiger partial charge is 0.336 e. The van der Waals surface area contributed by atoms with Gasteiger partial charge in [-0.15, -0.1) is 0 Å². The zero-order valence-corrected chi connectivity index (χ0v) is 9.47. The molecule has 1 fully saturated rings. The van der Waals surface area contributed by atoms with Gasteiger partial charge in [-0.05, 0) is 18.2 Å². The van der Waals surface area contributed by atoms with Crippen molar-refractivity contribution in [1.82, 2.24) is 19.8 Å². The minimum absolute atomic E-state index is 0.0869. The van der Waals surface area contributed by atoms with E-state index in [9.17, 15) is 4.79 Å². The van der Waals surface area contributed by atoms with E-state index in [0.29, 0.717) is 5.56 Å². The molecule has 3 heterocycles. The second-order valence-corrected chi connectivity index (χ2v) is 4.16. The summed E-state index contributed by atoms with van der Waals surface area (Å²) in [5.41, 5.74) is 1.70. The topological polar surface area (TPSA) is 49.6 Å². The van der Waals surface area contributed by atoms with E-state index < -0.39 is 0 Å². The summed E-state index contributed by atoms with van der Waals surface area (Å²) in [5, 5.41) is 7.38. The Morgan fingerprint density at radius 2 is 2.06 bits per heavy atom. The maximum Gasteiger partial charge on any atom is 0.255 e. The Morgan fingerprint density at radius 3 is 2.88 bits per heavy atom. The number of pyridine rings is 1.